The van der Waals surface area contributed by atoms with Crippen molar-refractivity contribution >= 4 is 29.2 Å². The van der Waals surface area contributed by atoms with Crippen molar-refractivity contribution in [2.75, 3.05) is 11.9 Å². The number of amides is 1. The Kier molecular flexibility index (Phi) is 4.00. The van der Waals surface area contributed by atoms with E-state index in [1.165, 1.54) is 6.20 Å². The SMILES string of the molecule is C[C@]12CCCC1[C@@]1(COC(N)=N1)c1cc(NC(=O)c3ccc(Cl)cn3)ccc1O2. The number of hydrogen-bond acceptors (Lipinski definition) is 6. The molecular formula is C21H21ClN4O3. The number of carbonyl (C=O) groups excluding carboxylic acids is 1. The molecule has 3 N–H and O–H groups in total. The molecule has 7 nitrogen and oxygen atoms in total. The van der Waals surface area contributed by atoms with E-state index in [4.69, 9.17) is 31.8 Å². The Labute approximate surface area is 173 Å². The van der Waals surface area contributed by atoms with Gasteiger partial charge in [-0.15, -0.1) is 0 Å². The maximum absolute atomic E-state index is 12.6. The van der Waals surface area contributed by atoms with Crippen LogP contribution in [0.3, 0.4) is 0 Å². The number of carbonyl (C=O) groups is 1. The van der Waals surface area contributed by atoms with Crippen molar-refractivity contribution < 1.29 is 14.3 Å². The predicted molar refractivity (Wildman–Crippen MR) is 109 cm³/mol. The van der Waals surface area contributed by atoms with E-state index in [9.17, 15) is 4.79 Å². The fraction of sp³-hybridized carbons (Fsp3) is 0.381. The van der Waals surface area contributed by atoms with Crippen molar-refractivity contribution in [2.24, 2.45) is 16.6 Å². The van der Waals surface area contributed by atoms with Gasteiger partial charge in [-0.05, 0) is 56.5 Å². The number of benzene rings is 1. The van der Waals surface area contributed by atoms with E-state index in [1.807, 2.05) is 18.2 Å². The summed E-state index contributed by atoms with van der Waals surface area (Å²) in [4.78, 5) is 21.4. The summed E-state index contributed by atoms with van der Waals surface area (Å²) in [7, 11) is 0. The third-order valence-electron chi connectivity index (χ3n) is 6.24. The molecule has 5 rings (SSSR count). The van der Waals surface area contributed by atoms with Gasteiger partial charge in [0.05, 0.1) is 5.02 Å². The fourth-order valence-electron chi connectivity index (χ4n) is 4.94. The van der Waals surface area contributed by atoms with Gasteiger partial charge in [-0.2, -0.15) is 0 Å². The molecule has 1 spiro atoms. The zero-order chi connectivity index (χ0) is 20.2. The summed E-state index contributed by atoms with van der Waals surface area (Å²) in [5.41, 5.74) is 6.84. The molecule has 1 saturated carbocycles. The Morgan fingerprint density at radius 3 is 2.93 bits per heavy atom. The number of nitrogens with zero attached hydrogens (tertiary/aromatic N) is 2. The van der Waals surface area contributed by atoms with E-state index in [1.54, 1.807) is 12.1 Å². The first-order valence-corrected chi connectivity index (χ1v) is 10.0. The highest BCUT2D eigenvalue weighted by Gasteiger charge is 2.60. The van der Waals surface area contributed by atoms with Crippen molar-refractivity contribution in [3.8, 4) is 5.75 Å². The monoisotopic (exact) mass is 412 g/mol. The molecule has 3 heterocycles. The van der Waals surface area contributed by atoms with Crippen LogP contribution < -0.4 is 15.8 Å². The summed E-state index contributed by atoms with van der Waals surface area (Å²) in [5.74, 6) is 0.603. The molecule has 3 aliphatic rings. The number of halogens is 1. The number of ether oxygens (including phenoxy) is 2. The standard InChI is InChI=1S/C21H21ClN4O3/c1-20-8-2-3-17(20)21(11-28-19(23)26-21)14-9-13(5-7-16(14)29-20)25-18(27)15-6-4-12(22)10-24-15/h4-7,9-10,17H,2-3,8,11H2,1H3,(H2,23,26)(H,25,27)/t17?,20-,21+/m0/s1. The Bertz CT molecular complexity index is 1030. The second-order valence-corrected chi connectivity index (χ2v) is 8.49. The van der Waals surface area contributed by atoms with Gasteiger partial charge in [0.15, 0.2) is 0 Å². The summed E-state index contributed by atoms with van der Waals surface area (Å²) in [6.45, 7) is 2.52. The summed E-state index contributed by atoms with van der Waals surface area (Å²) < 4.78 is 12.0. The average molecular weight is 413 g/mol. The van der Waals surface area contributed by atoms with Crippen molar-refractivity contribution in [1.82, 2.24) is 4.98 Å². The van der Waals surface area contributed by atoms with Crippen LogP contribution in [0, 0.1) is 5.92 Å². The molecule has 1 aromatic carbocycles. The number of anilines is 1. The van der Waals surface area contributed by atoms with Gasteiger partial charge >= 0.3 is 0 Å². The Morgan fingerprint density at radius 1 is 1.34 bits per heavy atom. The van der Waals surface area contributed by atoms with Crippen LogP contribution in [-0.4, -0.2) is 29.1 Å². The number of pyridine rings is 1. The van der Waals surface area contributed by atoms with E-state index in [-0.39, 0.29) is 29.1 Å². The Hall–Kier alpha value is -2.80. The molecule has 150 valence electrons. The van der Waals surface area contributed by atoms with Crippen LogP contribution in [0.2, 0.25) is 5.02 Å². The number of nitrogens with one attached hydrogen (secondary N) is 1. The van der Waals surface area contributed by atoms with Crippen LogP contribution >= 0.6 is 11.6 Å². The number of rotatable bonds is 2. The van der Waals surface area contributed by atoms with Gasteiger partial charge in [-0.3, -0.25) is 4.79 Å². The fourth-order valence-corrected chi connectivity index (χ4v) is 5.06. The Balaban J connectivity index is 1.53. The molecule has 29 heavy (non-hydrogen) atoms. The predicted octanol–water partition coefficient (Wildman–Crippen LogP) is 3.48. The van der Waals surface area contributed by atoms with Gasteiger partial charge in [0.2, 0.25) is 0 Å². The third kappa shape index (κ3) is 2.83. The topological polar surface area (TPSA) is 98.8 Å². The lowest BCUT2D eigenvalue weighted by atomic mass is 9.70. The summed E-state index contributed by atoms with van der Waals surface area (Å²) in [5, 5.41) is 3.37. The largest absolute Gasteiger partial charge is 0.487 e. The van der Waals surface area contributed by atoms with Crippen LogP contribution in [-0.2, 0) is 10.3 Å². The normalized spacial score (nSPS) is 29.4. The van der Waals surface area contributed by atoms with E-state index >= 15 is 0 Å². The van der Waals surface area contributed by atoms with Gasteiger partial charge in [-0.1, -0.05) is 11.6 Å². The quantitative estimate of drug-likeness (QED) is 0.786. The van der Waals surface area contributed by atoms with Crippen molar-refractivity contribution in [1.29, 1.82) is 0 Å². The van der Waals surface area contributed by atoms with Crippen LogP contribution in [0.15, 0.2) is 41.5 Å². The zero-order valence-electron chi connectivity index (χ0n) is 15.9. The Morgan fingerprint density at radius 2 is 2.21 bits per heavy atom. The molecular weight excluding hydrogens is 392 g/mol. The van der Waals surface area contributed by atoms with Gasteiger partial charge in [0, 0.05) is 23.4 Å². The van der Waals surface area contributed by atoms with E-state index < -0.39 is 5.54 Å². The van der Waals surface area contributed by atoms with Gasteiger partial charge < -0.3 is 20.5 Å². The number of fused-ring (bicyclic) bond motifs is 4. The molecule has 2 aliphatic heterocycles. The summed E-state index contributed by atoms with van der Waals surface area (Å²) >= 11 is 5.85. The molecule has 1 aromatic heterocycles. The molecule has 1 fully saturated rings. The number of hydrogen-bond donors (Lipinski definition) is 2. The molecule has 8 heteroatoms. The van der Waals surface area contributed by atoms with Gasteiger partial charge in [0.1, 0.15) is 29.2 Å². The third-order valence-corrected chi connectivity index (χ3v) is 6.46. The molecule has 1 aliphatic carbocycles. The second kappa shape index (κ2) is 6.35. The highest BCUT2D eigenvalue weighted by atomic mass is 35.5. The molecule has 1 unspecified atom stereocenters. The lowest BCUT2D eigenvalue weighted by Gasteiger charge is -2.46. The molecule has 0 saturated heterocycles. The summed E-state index contributed by atoms with van der Waals surface area (Å²) in [6, 6.07) is 9.03. The lowest BCUT2D eigenvalue weighted by Crippen LogP contribution is -2.52. The molecule has 2 aromatic rings. The van der Waals surface area contributed by atoms with E-state index in [2.05, 4.69) is 17.2 Å². The maximum Gasteiger partial charge on any atom is 0.283 e. The highest BCUT2D eigenvalue weighted by Crippen LogP contribution is 2.57. The first-order valence-electron chi connectivity index (χ1n) is 9.64. The molecule has 1 amide bonds. The van der Waals surface area contributed by atoms with E-state index in [0.29, 0.717) is 17.3 Å². The van der Waals surface area contributed by atoms with Gasteiger partial charge in [0.25, 0.3) is 11.9 Å². The average Bonchev–Trinajstić information content (AvgIpc) is 3.27. The van der Waals surface area contributed by atoms with Crippen LogP contribution in [0.25, 0.3) is 0 Å². The first-order chi connectivity index (χ1) is 13.9. The number of nitrogens with two attached hydrogens (primary N) is 1. The molecule has 0 bridgehead atoms. The number of amidine groups is 1. The van der Waals surface area contributed by atoms with E-state index in [0.717, 1.165) is 30.6 Å². The highest BCUT2D eigenvalue weighted by molar-refractivity contribution is 6.30. The smallest absolute Gasteiger partial charge is 0.283 e. The molecule has 3 atom stereocenters. The minimum absolute atomic E-state index is 0.160. The van der Waals surface area contributed by atoms with Gasteiger partial charge in [-0.25, -0.2) is 9.98 Å². The minimum Gasteiger partial charge on any atom is -0.487 e. The van der Waals surface area contributed by atoms with Crippen LogP contribution in [0.4, 0.5) is 5.69 Å². The summed E-state index contributed by atoms with van der Waals surface area (Å²) in [6.07, 6.45) is 4.47. The van der Waals surface area contributed by atoms with Crippen molar-refractivity contribution in [2.45, 2.75) is 37.3 Å². The lowest BCUT2D eigenvalue weighted by molar-refractivity contribution is -0.0210. The first kappa shape index (κ1) is 18.2. The number of aromatic nitrogens is 1. The van der Waals surface area contributed by atoms with Crippen LogP contribution in [0.1, 0.15) is 42.2 Å². The maximum atomic E-state index is 12.6. The van der Waals surface area contributed by atoms with Crippen molar-refractivity contribution in [3.63, 3.8) is 0 Å². The van der Waals surface area contributed by atoms with Crippen molar-refractivity contribution in [3.05, 3.63) is 52.8 Å². The van der Waals surface area contributed by atoms with Crippen LogP contribution in [0.5, 0.6) is 5.75 Å². The molecule has 0 radical (unpaired) electrons. The minimum atomic E-state index is -0.595. The second-order valence-electron chi connectivity index (χ2n) is 8.05. The number of aliphatic imine (C=N–C) groups is 1. The zero-order valence-corrected chi connectivity index (χ0v) is 16.7.